The summed E-state index contributed by atoms with van der Waals surface area (Å²) in [5.41, 5.74) is 2.37. The van der Waals surface area contributed by atoms with E-state index >= 15 is 0 Å². The fraction of sp³-hybridized carbons (Fsp3) is 0.500. The number of thiazole rings is 1. The van der Waals surface area contributed by atoms with Crippen molar-refractivity contribution >= 4 is 11.3 Å². The van der Waals surface area contributed by atoms with Gasteiger partial charge in [0.25, 0.3) is 0 Å². The Morgan fingerprint density at radius 3 is 2.62 bits per heavy atom. The first kappa shape index (κ1) is 17.2. The molecule has 0 radical (unpaired) electrons. The molecule has 0 spiro atoms. The van der Waals surface area contributed by atoms with Crippen LogP contribution in [0.25, 0.3) is 0 Å². The maximum absolute atomic E-state index is 5.36. The minimum atomic E-state index is 0.527. The van der Waals surface area contributed by atoms with E-state index in [9.17, 15) is 0 Å². The highest BCUT2D eigenvalue weighted by atomic mass is 32.1. The summed E-state index contributed by atoms with van der Waals surface area (Å²) in [5, 5.41) is 6.89. The second kappa shape index (κ2) is 7.96. The molecule has 3 rings (SSSR count). The molecule has 0 aliphatic carbocycles. The number of rotatable bonds is 7. The van der Waals surface area contributed by atoms with Gasteiger partial charge in [-0.05, 0) is 31.0 Å². The molecule has 1 fully saturated rings. The standard InChI is InChI=1S/C18H25N3O2S/c1-13-20-16(12-24-13)9-19-15-4-5-21(11-15)10-14-6-17(22-2)8-18(7-14)23-3/h6-8,12,15,19H,4-5,9-11H2,1-3H3/t15-/m0/s1. The quantitative estimate of drug-likeness (QED) is 0.834. The van der Waals surface area contributed by atoms with Gasteiger partial charge in [-0.3, -0.25) is 4.90 Å². The molecule has 2 aromatic rings. The SMILES string of the molecule is COc1cc(CN2CC[C@H](NCc3csc(C)n3)C2)cc(OC)c1. The minimum Gasteiger partial charge on any atom is -0.497 e. The van der Waals surface area contributed by atoms with Crippen molar-refractivity contribution in [1.82, 2.24) is 15.2 Å². The molecule has 1 atom stereocenters. The highest BCUT2D eigenvalue weighted by Gasteiger charge is 2.22. The summed E-state index contributed by atoms with van der Waals surface area (Å²) < 4.78 is 10.7. The number of methoxy groups -OCH3 is 2. The second-order valence-corrected chi connectivity index (χ2v) is 7.24. The lowest BCUT2D eigenvalue weighted by atomic mass is 10.2. The molecule has 1 aromatic heterocycles. The zero-order valence-electron chi connectivity index (χ0n) is 14.5. The van der Waals surface area contributed by atoms with E-state index in [-0.39, 0.29) is 0 Å². The molecule has 6 heteroatoms. The lowest BCUT2D eigenvalue weighted by Crippen LogP contribution is -2.32. The first-order valence-corrected chi connectivity index (χ1v) is 9.13. The molecule has 1 saturated heterocycles. The highest BCUT2D eigenvalue weighted by molar-refractivity contribution is 7.09. The van der Waals surface area contributed by atoms with Gasteiger partial charge in [0.05, 0.1) is 24.9 Å². The number of aromatic nitrogens is 1. The predicted molar refractivity (Wildman–Crippen MR) is 96.9 cm³/mol. The maximum Gasteiger partial charge on any atom is 0.122 e. The van der Waals surface area contributed by atoms with Gasteiger partial charge in [0.2, 0.25) is 0 Å². The maximum atomic E-state index is 5.36. The van der Waals surface area contributed by atoms with Crippen LogP contribution in [0.3, 0.4) is 0 Å². The van der Waals surface area contributed by atoms with Crippen molar-refractivity contribution in [3.63, 3.8) is 0 Å². The van der Waals surface area contributed by atoms with Crippen LogP contribution in [0.5, 0.6) is 11.5 Å². The topological polar surface area (TPSA) is 46.6 Å². The van der Waals surface area contributed by atoms with E-state index < -0.39 is 0 Å². The monoisotopic (exact) mass is 347 g/mol. The molecule has 0 amide bonds. The summed E-state index contributed by atoms with van der Waals surface area (Å²) in [6, 6.07) is 6.61. The first-order chi connectivity index (χ1) is 11.7. The Balaban J connectivity index is 1.52. The molecule has 1 aliphatic rings. The third-order valence-corrected chi connectivity index (χ3v) is 5.15. The van der Waals surface area contributed by atoms with Crippen molar-refractivity contribution in [3.05, 3.63) is 39.8 Å². The normalized spacial score (nSPS) is 18.0. The van der Waals surface area contributed by atoms with Gasteiger partial charge in [0.1, 0.15) is 11.5 Å². The Kier molecular flexibility index (Phi) is 5.71. The van der Waals surface area contributed by atoms with Gasteiger partial charge in [0.15, 0.2) is 0 Å². The molecular weight excluding hydrogens is 322 g/mol. The van der Waals surface area contributed by atoms with Crippen molar-refractivity contribution in [2.24, 2.45) is 0 Å². The average molecular weight is 347 g/mol. The zero-order valence-corrected chi connectivity index (χ0v) is 15.4. The average Bonchev–Trinajstić information content (AvgIpc) is 3.21. The van der Waals surface area contributed by atoms with E-state index in [2.05, 4.69) is 32.7 Å². The van der Waals surface area contributed by atoms with Gasteiger partial charge in [0, 0.05) is 43.7 Å². The molecule has 5 nitrogen and oxygen atoms in total. The summed E-state index contributed by atoms with van der Waals surface area (Å²) in [6.07, 6.45) is 1.17. The van der Waals surface area contributed by atoms with Crippen molar-refractivity contribution in [2.75, 3.05) is 27.3 Å². The fourth-order valence-corrected chi connectivity index (χ4v) is 3.71. The third kappa shape index (κ3) is 4.47. The number of hydrogen-bond acceptors (Lipinski definition) is 6. The van der Waals surface area contributed by atoms with Gasteiger partial charge >= 0.3 is 0 Å². The molecule has 0 saturated carbocycles. The summed E-state index contributed by atoms with van der Waals surface area (Å²) in [4.78, 5) is 6.98. The Morgan fingerprint density at radius 1 is 1.25 bits per heavy atom. The second-order valence-electron chi connectivity index (χ2n) is 6.18. The van der Waals surface area contributed by atoms with Crippen LogP contribution in [0.4, 0.5) is 0 Å². The van der Waals surface area contributed by atoms with Crippen LogP contribution in [-0.2, 0) is 13.1 Å². The van der Waals surface area contributed by atoms with Crippen molar-refractivity contribution < 1.29 is 9.47 Å². The van der Waals surface area contributed by atoms with Gasteiger partial charge in [-0.15, -0.1) is 11.3 Å². The van der Waals surface area contributed by atoms with E-state index in [4.69, 9.17) is 9.47 Å². The number of nitrogens with zero attached hydrogens (tertiary/aromatic N) is 2. The van der Waals surface area contributed by atoms with Crippen LogP contribution < -0.4 is 14.8 Å². The van der Waals surface area contributed by atoms with Crippen molar-refractivity contribution in [1.29, 1.82) is 0 Å². The predicted octanol–water partition coefficient (Wildman–Crippen LogP) is 2.83. The minimum absolute atomic E-state index is 0.527. The van der Waals surface area contributed by atoms with E-state index in [0.717, 1.165) is 48.4 Å². The lowest BCUT2D eigenvalue weighted by Gasteiger charge is -2.17. The van der Waals surface area contributed by atoms with Gasteiger partial charge in [-0.2, -0.15) is 0 Å². The number of likely N-dealkylation sites (tertiary alicyclic amines) is 1. The van der Waals surface area contributed by atoms with Crippen LogP contribution in [0.1, 0.15) is 22.7 Å². The largest absolute Gasteiger partial charge is 0.497 e. The van der Waals surface area contributed by atoms with E-state index in [0.29, 0.717) is 6.04 Å². The molecule has 0 unspecified atom stereocenters. The van der Waals surface area contributed by atoms with Crippen LogP contribution in [0.2, 0.25) is 0 Å². The smallest absolute Gasteiger partial charge is 0.122 e. The van der Waals surface area contributed by atoms with Crippen LogP contribution in [0.15, 0.2) is 23.6 Å². The van der Waals surface area contributed by atoms with Crippen LogP contribution >= 0.6 is 11.3 Å². The summed E-state index contributed by atoms with van der Waals surface area (Å²) in [5.74, 6) is 1.69. The molecule has 1 aromatic carbocycles. The fourth-order valence-electron chi connectivity index (χ4n) is 3.10. The van der Waals surface area contributed by atoms with E-state index in [1.54, 1.807) is 25.6 Å². The Hall–Kier alpha value is -1.63. The molecule has 1 N–H and O–H groups in total. The summed E-state index contributed by atoms with van der Waals surface area (Å²) in [7, 11) is 3.38. The van der Waals surface area contributed by atoms with Gasteiger partial charge in [-0.1, -0.05) is 0 Å². The zero-order chi connectivity index (χ0) is 16.9. The first-order valence-electron chi connectivity index (χ1n) is 8.25. The van der Waals surface area contributed by atoms with Crippen LogP contribution in [0, 0.1) is 6.92 Å². The highest BCUT2D eigenvalue weighted by Crippen LogP contribution is 2.24. The Morgan fingerprint density at radius 2 is 2.00 bits per heavy atom. The van der Waals surface area contributed by atoms with Crippen molar-refractivity contribution in [3.8, 4) is 11.5 Å². The lowest BCUT2D eigenvalue weighted by molar-refractivity contribution is 0.317. The third-order valence-electron chi connectivity index (χ3n) is 4.33. The van der Waals surface area contributed by atoms with Crippen molar-refractivity contribution in [2.45, 2.75) is 32.5 Å². The molecule has 0 bridgehead atoms. The summed E-state index contributed by atoms with van der Waals surface area (Å²) >= 11 is 1.71. The van der Waals surface area contributed by atoms with E-state index in [1.165, 1.54) is 12.0 Å². The summed E-state index contributed by atoms with van der Waals surface area (Å²) in [6.45, 7) is 5.99. The molecule has 24 heavy (non-hydrogen) atoms. The van der Waals surface area contributed by atoms with Crippen LogP contribution in [-0.4, -0.2) is 43.2 Å². The number of nitrogens with one attached hydrogen (secondary N) is 1. The molecule has 2 heterocycles. The number of aryl methyl sites for hydroxylation is 1. The number of benzene rings is 1. The number of hydrogen-bond donors (Lipinski definition) is 1. The molecule has 1 aliphatic heterocycles. The molecule has 130 valence electrons. The number of ether oxygens (including phenoxy) is 2. The Bertz CT molecular complexity index is 652. The molecular formula is C18H25N3O2S. The van der Waals surface area contributed by atoms with Gasteiger partial charge < -0.3 is 14.8 Å². The van der Waals surface area contributed by atoms with Gasteiger partial charge in [-0.25, -0.2) is 4.98 Å². The van der Waals surface area contributed by atoms with E-state index in [1.807, 2.05) is 13.0 Å². The Labute approximate surface area is 147 Å².